The molecule has 0 amide bonds. The van der Waals surface area contributed by atoms with Crippen LogP contribution in [0, 0.1) is 17.6 Å². The third-order valence-electron chi connectivity index (χ3n) is 3.07. The van der Waals surface area contributed by atoms with E-state index in [4.69, 9.17) is 0 Å². The van der Waals surface area contributed by atoms with Crippen molar-refractivity contribution in [1.82, 2.24) is 0 Å². The first-order chi connectivity index (χ1) is 9.17. The molecule has 0 fully saturated rings. The molecule has 2 aromatic carbocycles. The van der Waals surface area contributed by atoms with Crippen LogP contribution in [0.3, 0.4) is 0 Å². The molecule has 3 heteroatoms. The van der Waals surface area contributed by atoms with Crippen molar-refractivity contribution in [2.24, 2.45) is 5.92 Å². The van der Waals surface area contributed by atoms with Crippen LogP contribution in [0.15, 0.2) is 48.5 Å². The van der Waals surface area contributed by atoms with Gasteiger partial charge in [-0.2, -0.15) is 0 Å². The van der Waals surface area contributed by atoms with Gasteiger partial charge >= 0.3 is 0 Å². The highest BCUT2D eigenvalue weighted by Gasteiger charge is 2.10. The maximum absolute atomic E-state index is 13.1. The first-order valence-electron chi connectivity index (χ1n) is 6.22. The molecular formula is C16H15BrF2. The molecule has 0 aromatic heterocycles. The van der Waals surface area contributed by atoms with E-state index in [9.17, 15) is 8.78 Å². The summed E-state index contributed by atoms with van der Waals surface area (Å²) in [4.78, 5) is 0. The zero-order valence-electron chi connectivity index (χ0n) is 10.5. The molecule has 1 unspecified atom stereocenters. The summed E-state index contributed by atoms with van der Waals surface area (Å²) in [6, 6.07) is 13.2. The van der Waals surface area contributed by atoms with Crippen molar-refractivity contribution in [3.63, 3.8) is 0 Å². The molecule has 0 heterocycles. The van der Waals surface area contributed by atoms with Crippen molar-refractivity contribution >= 4 is 15.9 Å². The van der Waals surface area contributed by atoms with Gasteiger partial charge in [0.25, 0.3) is 0 Å². The molecule has 0 N–H and O–H groups in total. The number of alkyl halides is 1. The second-order valence-electron chi connectivity index (χ2n) is 4.68. The number of rotatable bonds is 5. The van der Waals surface area contributed by atoms with Crippen LogP contribution in [-0.4, -0.2) is 5.33 Å². The fourth-order valence-electron chi connectivity index (χ4n) is 2.13. The molecule has 0 saturated heterocycles. The van der Waals surface area contributed by atoms with E-state index in [2.05, 4.69) is 15.9 Å². The van der Waals surface area contributed by atoms with Crippen molar-refractivity contribution in [2.75, 3.05) is 5.33 Å². The van der Waals surface area contributed by atoms with Crippen LogP contribution in [0.2, 0.25) is 0 Å². The molecule has 0 spiro atoms. The normalized spacial score (nSPS) is 12.4. The molecule has 2 aromatic rings. The van der Waals surface area contributed by atoms with Crippen LogP contribution >= 0.6 is 15.9 Å². The highest BCUT2D eigenvalue weighted by atomic mass is 79.9. The average molecular weight is 325 g/mol. The molecule has 0 saturated carbocycles. The summed E-state index contributed by atoms with van der Waals surface area (Å²) in [6.45, 7) is 0. The standard InChI is InChI=1S/C16H15BrF2/c17-11-14(8-12-4-6-15(18)7-5-12)9-13-2-1-3-16(19)10-13/h1-7,10,14H,8-9,11H2. The van der Waals surface area contributed by atoms with E-state index >= 15 is 0 Å². The van der Waals surface area contributed by atoms with Crippen LogP contribution in [0.1, 0.15) is 11.1 Å². The highest BCUT2D eigenvalue weighted by Crippen LogP contribution is 2.18. The van der Waals surface area contributed by atoms with Gasteiger partial charge in [0.2, 0.25) is 0 Å². The van der Waals surface area contributed by atoms with Gasteiger partial charge in [-0.25, -0.2) is 8.78 Å². The molecule has 0 bridgehead atoms. The van der Waals surface area contributed by atoms with Crippen LogP contribution in [-0.2, 0) is 12.8 Å². The lowest BCUT2D eigenvalue weighted by molar-refractivity contribution is 0.580. The Kier molecular flexibility index (Phi) is 5.08. The van der Waals surface area contributed by atoms with Crippen LogP contribution < -0.4 is 0 Å². The Labute approximate surface area is 120 Å². The number of halogens is 3. The Morgan fingerprint density at radius 2 is 1.53 bits per heavy atom. The van der Waals surface area contributed by atoms with Crippen molar-refractivity contribution in [1.29, 1.82) is 0 Å². The van der Waals surface area contributed by atoms with Gasteiger partial charge in [-0.3, -0.25) is 0 Å². The number of hydrogen-bond acceptors (Lipinski definition) is 0. The zero-order chi connectivity index (χ0) is 13.7. The monoisotopic (exact) mass is 324 g/mol. The number of hydrogen-bond donors (Lipinski definition) is 0. The Morgan fingerprint density at radius 3 is 2.16 bits per heavy atom. The van der Waals surface area contributed by atoms with Gasteiger partial charge in [0.1, 0.15) is 11.6 Å². The summed E-state index contributed by atoms with van der Waals surface area (Å²) in [5.74, 6) is -0.0517. The van der Waals surface area contributed by atoms with Crippen molar-refractivity contribution in [3.8, 4) is 0 Å². The second-order valence-corrected chi connectivity index (χ2v) is 5.33. The van der Waals surface area contributed by atoms with Gasteiger partial charge in [-0.15, -0.1) is 0 Å². The lowest BCUT2D eigenvalue weighted by atomic mass is 9.94. The molecule has 0 aliphatic rings. The maximum atomic E-state index is 13.1. The zero-order valence-corrected chi connectivity index (χ0v) is 12.0. The summed E-state index contributed by atoms with van der Waals surface area (Å²) in [7, 11) is 0. The summed E-state index contributed by atoms with van der Waals surface area (Å²) < 4.78 is 26.0. The topological polar surface area (TPSA) is 0 Å². The van der Waals surface area contributed by atoms with E-state index in [1.807, 2.05) is 6.07 Å². The highest BCUT2D eigenvalue weighted by molar-refractivity contribution is 9.09. The Balaban J connectivity index is 2.02. The molecule has 1 atom stereocenters. The average Bonchev–Trinajstić information content (AvgIpc) is 2.40. The van der Waals surface area contributed by atoms with Gasteiger partial charge < -0.3 is 0 Å². The van der Waals surface area contributed by atoms with Crippen LogP contribution in [0.5, 0.6) is 0 Å². The molecular weight excluding hydrogens is 310 g/mol. The van der Waals surface area contributed by atoms with Gasteiger partial charge in [0.05, 0.1) is 0 Å². The van der Waals surface area contributed by atoms with E-state index in [0.29, 0.717) is 5.92 Å². The van der Waals surface area contributed by atoms with E-state index in [0.717, 1.165) is 29.3 Å². The lowest BCUT2D eigenvalue weighted by Gasteiger charge is -2.14. The summed E-state index contributed by atoms with van der Waals surface area (Å²) in [6.07, 6.45) is 1.66. The predicted molar refractivity (Wildman–Crippen MR) is 77.5 cm³/mol. The third-order valence-corrected chi connectivity index (χ3v) is 3.98. The van der Waals surface area contributed by atoms with Gasteiger partial charge in [0.15, 0.2) is 0 Å². The minimum atomic E-state index is -0.218. The van der Waals surface area contributed by atoms with E-state index < -0.39 is 0 Å². The molecule has 100 valence electrons. The minimum Gasteiger partial charge on any atom is -0.207 e. The Bertz CT molecular complexity index is 523. The minimum absolute atomic E-state index is 0.201. The quantitative estimate of drug-likeness (QED) is 0.695. The van der Waals surface area contributed by atoms with Crippen LogP contribution in [0.4, 0.5) is 8.78 Å². The first-order valence-corrected chi connectivity index (χ1v) is 7.34. The van der Waals surface area contributed by atoms with Crippen molar-refractivity contribution < 1.29 is 8.78 Å². The summed E-state index contributed by atoms with van der Waals surface area (Å²) in [5, 5.41) is 0.834. The largest absolute Gasteiger partial charge is 0.207 e. The fraction of sp³-hybridized carbons (Fsp3) is 0.250. The van der Waals surface area contributed by atoms with E-state index in [1.54, 1.807) is 24.3 Å². The smallest absolute Gasteiger partial charge is 0.123 e. The Morgan fingerprint density at radius 1 is 0.842 bits per heavy atom. The van der Waals surface area contributed by atoms with Gasteiger partial charge in [-0.05, 0) is 54.2 Å². The van der Waals surface area contributed by atoms with Gasteiger partial charge in [0, 0.05) is 5.33 Å². The van der Waals surface area contributed by atoms with Crippen LogP contribution in [0.25, 0.3) is 0 Å². The molecule has 19 heavy (non-hydrogen) atoms. The lowest BCUT2D eigenvalue weighted by Crippen LogP contribution is -2.10. The van der Waals surface area contributed by atoms with Gasteiger partial charge in [-0.1, -0.05) is 40.2 Å². The summed E-state index contributed by atoms with van der Waals surface area (Å²) >= 11 is 3.50. The molecule has 0 aliphatic heterocycles. The molecule has 0 nitrogen and oxygen atoms in total. The summed E-state index contributed by atoms with van der Waals surface area (Å²) in [5.41, 5.74) is 2.09. The molecule has 2 rings (SSSR count). The molecule has 0 aliphatic carbocycles. The fourth-order valence-corrected chi connectivity index (χ4v) is 2.59. The Hall–Kier alpha value is -1.22. The second kappa shape index (κ2) is 6.80. The van der Waals surface area contributed by atoms with E-state index in [-0.39, 0.29) is 11.6 Å². The van der Waals surface area contributed by atoms with Crippen molar-refractivity contribution in [2.45, 2.75) is 12.8 Å². The molecule has 0 radical (unpaired) electrons. The van der Waals surface area contributed by atoms with E-state index in [1.165, 1.54) is 18.2 Å². The number of benzene rings is 2. The SMILES string of the molecule is Fc1ccc(CC(CBr)Cc2cccc(F)c2)cc1. The first kappa shape index (κ1) is 14.2. The van der Waals surface area contributed by atoms with Crippen molar-refractivity contribution in [3.05, 3.63) is 71.3 Å². The predicted octanol–water partition coefficient (Wildman–Crippen LogP) is 4.76. The maximum Gasteiger partial charge on any atom is 0.123 e. The third kappa shape index (κ3) is 4.43.